The number of unbranched alkanes of at least 4 members (excludes halogenated alkanes) is 26. The van der Waals surface area contributed by atoms with E-state index in [9.17, 15) is 14.4 Å². The van der Waals surface area contributed by atoms with Gasteiger partial charge in [-0.15, -0.1) is 0 Å². The van der Waals surface area contributed by atoms with Crippen LogP contribution in [-0.4, -0.2) is 37.2 Å². The SMILES string of the molecule is CC(C)CCCCCCCCCCCCCCC(=O)OC[C@H](COC(=O)CCCCCCCCCCCC(C)C)OC(=O)CCCCCCCCCCC(C)C. The van der Waals surface area contributed by atoms with E-state index in [0.29, 0.717) is 19.3 Å². The van der Waals surface area contributed by atoms with Crippen LogP contribution in [-0.2, 0) is 28.6 Å². The maximum atomic E-state index is 12.7. The summed E-state index contributed by atoms with van der Waals surface area (Å²) in [6.07, 6.45) is 39.5. The van der Waals surface area contributed by atoms with Crippen LogP contribution in [0.25, 0.3) is 0 Å². The Morgan fingerprint density at radius 1 is 0.304 bits per heavy atom. The number of carbonyl (C=O) groups excluding carboxylic acids is 3. The summed E-state index contributed by atoms with van der Waals surface area (Å²) in [7, 11) is 0. The van der Waals surface area contributed by atoms with Crippen molar-refractivity contribution >= 4 is 17.9 Å². The van der Waals surface area contributed by atoms with Gasteiger partial charge in [0.1, 0.15) is 13.2 Å². The predicted molar refractivity (Wildman–Crippen MR) is 238 cm³/mol. The second-order valence-corrected chi connectivity index (χ2v) is 18.5. The van der Waals surface area contributed by atoms with Crippen LogP contribution >= 0.6 is 0 Å². The monoisotopic (exact) mass is 793 g/mol. The van der Waals surface area contributed by atoms with Crippen LogP contribution in [0.1, 0.15) is 266 Å². The highest BCUT2D eigenvalue weighted by atomic mass is 16.6. The maximum absolute atomic E-state index is 12.7. The van der Waals surface area contributed by atoms with Gasteiger partial charge in [-0.1, -0.05) is 228 Å². The summed E-state index contributed by atoms with van der Waals surface area (Å²) in [6.45, 7) is 13.7. The molecule has 0 bridgehead atoms. The molecule has 0 spiro atoms. The number of hydrogen-bond acceptors (Lipinski definition) is 6. The van der Waals surface area contributed by atoms with Crippen molar-refractivity contribution in [1.82, 2.24) is 0 Å². The highest BCUT2D eigenvalue weighted by Gasteiger charge is 2.19. The van der Waals surface area contributed by atoms with Crippen molar-refractivity contribution in [3.8, 4) is 0 Å². The summed E-state index contributed by atoms with van der Waals surface area (Å²) in [6, 6.07) is 0. The molecule has 0 fully saturated rings. The zero-order valence-electron chi connectivity index (χ0n) is 38.4. The van der Waals surface area contributed by atoms with E-state index >= 15 is 0 Å². The molecule has 6 nitrogen and oxygen atoms in total. The van der Waals surface area contributed by atoms with Gasteiger partial charge in [-0.3, -0.25) is 14.4 Å². The van der Waals surface area contributed by atoms with Crippen molar-refractivity contribution < 1.29 is 28.6 Å². The molecule has 0 saturated carbocycles. The van der Waals surface area contributed by atoms with E-state index in [1.807, 2.05) is 0 Å². The molecule has 6 heteroatoms. The van der Waals surface area contributed by atoms with Crippen LogP contribution in [0.3, 0.4) is 0 Å². The van der Waals surface area contributed by atoms with Crippen LogP contribution < -0.4 is 0 Å². The molecule has 0 heterocycles. The molecule has 0 saturated heterocycles. The minimum atomic E-state index is -0.762. The Hall–Kier alpha value is -1.59. The number of ether oxygens (including phenoxy) is 3. The molecule has 0 rings (SSSR count). The molecule has 1 atom stereocenters. The minimum Gasteiger partial charge on any atom is -0.462 e. The molecule has 0 aromatic carbocycles. The normalized spacial score (nSPS) is 12.2. The topological polar surface area (TPSA) is 78.9 Å². The van der Waals surface area contributed by atoms with Crippen LogP contribution in [0.5, 0.6) is 0 Å². The Morgan fingerprint density at radius 2 is 0.518 bits per heavy atom. The number of esters is 3. The first-order valence-electron chi connectivity index (χ1n) is 24.6. The van der Waals surface area contributed by atoms with Crippen molar-refractivity contribution in [3.63, 3.8) is 0 Å². The second kappa shape index (κ2) is 41.6. The first-order chi connectivity index (χ1) is 27.1. The smallest absolute Gasteiger partial charge is 0.306 e. The quantitative estimate of drug-likeness (QED) is 0.0348. The Balaban J connectivity index is 4.31. The summed E-state index contributed by atoms with van der Waals surface area (Å²) in [5, 5.41) is 0. The first-order valence-corrected chi connectivity index (χ1v) is 24.6. The third kappa shape index (κ3) is 43.5. The molecule has 0 amide bonds. The highest BCUT2D eigenvalue weighted by Crippen LogP contribution is 2.17. The molecule has 332 valence electrons. The fraction of sp³-hybridized carbons (Fsp3) is 0.940. The summed E-state index contributed by atoms with van der Waals surface area (Å²) in [5.41, 5.74) is 0. The predicted octanol–water partition coefficient (Wildman–Crippen LogP) is 15.6. The fourth-order valence-electron chi connectivity index (χ4n) is 7.41. The number of carbonyl (C=O) groups is 3. The van der Waals surface area contributed by atoms with E-state index in [1.165, 1.54) is 148 Å². The highest BCUT2D eigenvalue weighted by molar-refractivity contribution is 5.71. The van der Waals surface area contributed by atoms with E-state index in [2.05, 4.69) is 41.5 Å². The molecular weight excluding hydrogens is 697 g/mol. The van der Waals surface area contributed by atoms with Crippen LogP contribution in [0, 0.1) is 17.8 Å². The van der Waals surface area contributed by atoms with Gasteiger partial charge < -0.3 is 14.2 Å². The maximum Gasteiger partial charge on any atom is 0.306 e. The Labute approximate surface area is 348 Å². The van der Waals surface area contributed by atoms with Crippen LogP contribution in [0.4, 0.5) is 0 Å². The zero-order valence-corrected chi connectivity index (χ0v) is 38.4. The standard InChI is InChI=1S/C50H96O6/c1-44(2)36-30-24-18-12-9-7-8-10-14-21-27-33-39-48(51)54-42-47(56-50(53)41-35-29-23-17-16-20-26-32-38-46(5)6)43-55-49(52)40-34-28-22-15-11-13-19-25-31-37-45(3)4/h44-47H,7-43H2,1-6H3/t47-/m1/s1. The summed E-state index contributed by atoms with van der Waals surface area (Å²) in [5.74, 6) is 1.58. The lowest BCUT2D eigenvalue weighted by atomic mass is 10.0. The molecule has 0 aliphatic rings. The molecular formula is C50H96O6. The van der Waals surface area contributed by atoms with Gasteiger partial charge in [0.15, 0.2) is 6.10 Å². The molecule has 0 aromatic rings. The van der Waals surface area contributed by atoms with Crippen molar-refractivity contribution in [2.24, 2.45) is 17.8 Å². The van der Waals surface area contributed by atoms with Gasteiger partial charge in [-0.05, 0) is 37.0 Å². The first kappa shape index (κ1) is 54.4. The molecule has 0 aliphatic carbocycles. The van der Waals surface area contributed by atoms with Crippen molar-refractivity contribution in [3.05, 3.63) is 0 Å². The lowest BCUT2D eigenvalue weighted by molar-refractivity contribution is -0.167. The van der Waals surface area contributed by atoms with E-state index < -0.39 is 6.10 Å². The van der Waals surface area contributed by atoms with E-state index in [0.717, 1.165) is 75.5 Å². The van der Waals surface area contributed by atoms with Gasteiger partial charge in [0, 0.05) is 19.3 Å². The second-order valence-electron chi connectivity index (χ2n) is 18.5. The number of hydrogen-bond donors (Lipinski definition) is 0. The fourth-order valence-corrected chi connectivity index (χ4v) is 7.41. The Morgan fingerprint density at radius 3 is 0.768 bits per heavy atom. The van der Waals surface area contributed by atoms with Gasteiger partial charge in [0.2, 0.25) is 0 Å². The van der Waals surface area contributed by atoms with Crippen molar-refractivity contribution in [2.45, 2.75) is 272 Å². The molecule has 0 N–H and O–H groups in total. The summed E-state index contributed by atoms with van der Waals surface area (Å²) in [4.78, 5) is 37.8. The third-order valence-corrected chi connectivity index (χ3v) is 11.1. The van der Waals surface area contributed by atoms with Crippen LogP contribution in [0.15, 0.2) is 0 Å². The minimum absolute atomic E-state index is 0.0656. The van der Waals surface area contributed by atoms with Crippen LogP contribution in [0.2, 0.25) is 0 Å². The molecule has 0 radical (unpaired) electrons. The van der Waals surface area contributed by atoms with Crippen molar-refractivity contribution in [2.75, 3.05) is 13.2 Å². The Bertz CT molecular complexity index is 868. The zero-order chi connectivity index (χ0) is 41.3. The van der Waals surface area contributed by atoms with E-state index in [4.69, 9.17) is 14.2 Å². The molecule has 0 aromatic heterocycles. The lowest BCUT2D eigenvalue weighted by Crippen LogP contribution is -2.30. The van der Waals surface area contributed by atoms with Gasteiger partial charge in [-0.25, -0.2) is 0 Å². The molecule has 0 unspecified atom stereocenters. The average molecular weight is 793 g/mol. The summed E-state index contributed by atoms with van der Waals surface area (Å²) >= 11 is 0. The van der Waals surface area contributed by atoms with E-state index in [-0.39, 0.29) is 31.1 Å². The van der Waals surface area contributed by atoms with Gasteiger partial charge in [-0.2, -0.15) is 0 Å². The largest absolute Gasteiger partial charge is 0.462 e. The van der Waals surface area contributed by atoms with Gasteiger partial charge in [0.25, 0.3) is 0 Å². The van der Waals surface area contributed by atoms with Gasteiger partial charge in [0.05, 0.1) is 0 Å². The van der Waals surface area contributed by atoms with Gasteiger partial charge >= 0.3 is 17.9 Å². The molecule has 0 aliphatic heterocycles. The molecule has 56 heavy (non-hydrogen) atoms. The average Bonchev–Trinajstić information content (AvgIpc) is 3.15. The summed E-state index contributed by atoms with van der Waals surface area (Å²) < 4.78 is 16.8. The Kier molecular flexibility index (Phi) is 40.4. The third-order valence-electron chi connectivity index (χ3n) is 11.1. The van der Waals surface area contributed by atoms with Crippen molar-refractivity contribution in [1.29, 1.82) is 0 Å². The van der Waals surface area contributed by atoms with E-state index in [1.54, 1.807) is 0 Å². The number of rotatable bonds is 43. The lowest BCUT2D eigenvalue weighted by Gasteiger charge is -2.18.